The lowest BCUT2D eigenvalue weighted by molar-refractivity contribution is 0.0648. The van der Waals surface area contributed by atoms with Crippen molar-refractivity contribution >= 4 is 21.8 Å². The number of carbonyl (C=O) groups excluding carboxylic acids is 1. The third kappa shape index (κ3) is 3.26. The highest BCUT2D eigenvalue weighted by atomic mass is 79.9. The van der Waals surface area contributed by atoms with Crippen molar-refractivity contribution in [3.63, 3.8) is 0 Å². The SMILES string of the molecule is CC(N)C1CCCN(C(=O)c2cc(Br)cn2C(C)C)C1. The Balaban J connectivity index is 2.19. The molecule has 1 aromatic rings. The van der Waals surface area contributed by atoms with Crippen molar-refractivity contribution in [2.75, 3.05) is 13.1 Å². The highest BCUT2D eigenvalue weighted by Gasteiger charge is 2.28. The van der Waals surface area contributed by atoms with Gasteiger partial charge in [-0.3, -0.25) is 4.79 Å². The molecule has 0 saturated carbocycles. The molecule has 2 heterocycles. The van der Waals surface area contributed by atoms with Gasteiger partial charge in [-0.2, -0.15) is 0 Å². The summed E-state index contributed by atoms with van der Waals surface area (Å²) in [5, 5.41) is 0. The molecule has 2 rings (SSSR count). The summed E-state index contributed by atoms with van der Waals surface area (Å²) in [6.07, 6.45) is 4.14. The Hall–Kier alpha value is -0.810. The van der Waals surface area contributed by atoms with Crippen LogP contribution in [-0.2, 0) is 0 Å². The first-order chi connectivity index (χ1) is 9.40. The summed E-state index contributed by atoms with van der Waals surface area (Å²) >= 11 is 3.47. The second-order valence-corrected chi connectivity index (χ2v) is 6.97. The predicted molar refractivity (Wildman–Crippen MR) is 84.8 cm³/mol. The van der Waals surface area contributed by atoms with E-state index < -0.39 is 0 Å². The molecular weight excluding hydrogens is 318 g/mol. The van der Waals surface area contributed by atoms with Gasteiger partial charge in [-0.25, -0.2) is 0 Å². The average Bonchev–Trinajstić information content (AvgIpc) is 2.80. The van der Waals surface area contributed by atoms with Crippen molar-refractivity contribution in [1.82, 2.24) is 9.47 Å². The molecule has 5 heteroatoms. The van der Waals surface area contributed by atoms with Gasteiger partial charge in [0.25, 0.3) is 5.91 Å². The van der Waals surface area contributed by atoms with Crippen LogP contribution in [0.15, 0.2) is 16.7 Å². The molecular formula is C15H24BrN3O. The molecule has 0 aliphatic carbocycles. The number of piperidine rings is 1. The van der Waals surface area contributed by atoms with Gasteiger partial charge in [0.1, 0.15) is 5.69 Å². The minimum Gasteiger partial charge on any atom is -0.340 e. The van der Waals surface area contributed by atoms with Gasteiger partial charge in [0, 0.05) is 35.8 Å². The average molecular weight is 342 g/mol. The predicted octanol–water partition coefficient (Wildman–Crippen LogP) is 3.03. The summed E-state index contributed by atoms with van der Waals surface area (Å²) in [6, 6.07) is 2.33. The zero-order valence-electron chi connectivity index (χ0n) is 12.5. The summed E-state index contributed by atoms with van der Waals surface area (Å²) in [4.78, 5) is 14.7. The first-order valence-corrected chi connectivity index (χ1v) is 8.11. The van der Waals surface area contributed by atoms with Crippen LogP contribution >= 0.6 is 15.9 Å². The highest BCUT2D eigenvalue weighted by molar-refractivity contribution is 9.10. The number of halogens is 1. The second-order valence-electron chi connectivity index (χ2n) is 6.06. The van der Waals surface area contributed by atoms with E-state index in [1.54, 1.807) is 0 Å². The van der Waals surface area contributed by atoms with E-state index in [1.807, 2.05) is 28.7 Å². The third-order valence-electron chi connectivity index (χ3n) is 4.08. The van der Waals surface area contributed by atoms with Crippen LogP contribution in [0.25, 0.3) is 0 Å². The Labute approximate surface area is 129 Å². The maximum atomic E-state index is 12.7. The molecule has 1 aliphatic rings. The van der Waals surface area contributed by atoms with Gasteiger partial charge in [0.2, 0.25) is 0 Å². The number of carbonyl (C=O) groups is 1. The van der Waals surface area contributed by atoms with Crippen LogP contribution in [0.1, 0.15) is 50.1 Å². The van der Waals surface area contributed by atoms with E-state index in [9.17, 15) is 4.79 Å². The molecule has 0 aromatic carbocycles. The Bertz CT molecular complexity index is 481. The van der Waals surface area contributed by atoms with Gasteiger partial charge >= 0.3 is 0 Å². The van der Waals surface area contributed by atoms with Crippen molar-refractivity contribution in [2.45, 2.75) is 45.7 Å². The molecule has 20 heavy (non-hydrogen) atoms. The largest absolute Gasteiger partial charge is 0.340 e. The monoisotopic (exact) mass is 341 g/mol. The number of rotatable bonds is 3. The van der Waals surface area contributed by atoms with E-state index >= 15 is 0 Å². The Kier molecular flexibility index (Phi) is 4.91. The molecule has 112 valence electrons. The molecule has 4 nitrogen and oxygen atoms in total. The van der Waals surface area contributed by atoms with Crippen LogP contribution in [-0.4, -0.2) is 34.5 Å². The first-order valence-electron chi connectivity index (χ1n) is 7.32. The zero-order chi connectivity index (χ0) is 14.9. The lowest BCUT2D eigenvalue weighted by Gasteiger charge is -2.35. The van der Waals surface area contributed by atoms with Gasteiger partial charge in [0.05, 0.1) is 0 Å². The summed E-state index contributed by atoms with van der Waals surface area (Å²) in [5.41, 5.74) is 6.76. The number of likely N-dealkylation sites (tertiary alicyclic amines) is 1. The number of aromatic nitrogens is 1. The molecule has 1 saturated heterocycles. The summed E-state index contributed by atoms with van der Waals surface area (Å²) in [6.45, 7) is 7.82. The first kappa shape index (κ1) is 15.6. The summed E-state index contributed by atoms with van der Waals surface area (Å²) in [5.74, 6) is 0.536. The molecule has 0 radical (unpaired) electrons. The van der Waals surface area contributed by atoms with E-state index in [0.717, 1.165) is 36.1 Å². The van der Waals surface area contributed by atoms with Gasteiger partial charge in [-0.15, -0.1) is 0 Å². The molecule has 0 spiro atoms. The fourth-order valence-electron chi connectivity index (χ4n) is 2.83. The molecule has 1 aromatic heterocycles. The van der Waals surface area contributed by atoms with Crippen LogP contribution < -0.4 is 5.73 Å². The van der Waals surface area contributed by atoms with Gasteiger partial charge in [-0.05, 0) is 61.5 Å². The van der Waals surface area contributed by atoms with Gasteiger partial charge < -0.3 is 15.2 Å². The van der Waals surface area contributed by atoms with E-state index in [1.165, 1.54) is 0 Å². The molecule has 1 fully saturated rings. The second kappa shape index (κ2) is 6.31. The zero-order valence-corrected chi connectivity index (χ0v) is 14.1. The number of amides is 1. The lowest BCUT2D eigenvalue weighted by Crippen LogP contribution is -2.45. The van der Waals surface area contributed by atoms with Crippen molar-refractivity contribution in [3.8, 4) is 0 Å². The topological polar surface area (TPSA) is 51.3 Å². The van der Waals surface area contributed by atoms with Gasteiger partial charge in [-0.1, -0.05) is 0 Å². The standard InChI is InChI=1S/C15H24BrN3O/c1-10(2)19-9-13(16)7-14(19)15(20)18-6-4-5-12(8-18)11(3)17/h7,9-12H,4-6,8,17H2,1-3H3. The van der Waals surface area contributed by atoms with Crippen LogP contribution in [0.4, 0.5) is 0 Å². The van der Waals surface area contributed by atoms with Crippen molar-refractivity contribution in [2.24, 2.45) is 11.7 Å². The number of nitrogens with two attached hydrogens (primary N) is 1. The van der Waals surface area contributed by atoms with Crippen LogP contribution in [0.2, 0.25) is 0 Å². The smallest absolute Gasteiger partial charge is 0.270 e. The molecule has 2 atom stereocenters. The number of hydrogen-bond acceptors (Lipinski definition) is 2. The highest BCUT2D eigenvalue weighted by Crippen LogP contribution is 2.24. The number of hydrogen-bond donors (Lipinski definition) is 1. The summed E-state index contributed by atoms with van der Waals surface area (Å²) in [7, 11) is 0. The third-order valence-corrected chi connectivity index (χ3v) is 4.51. The normalized spacial score (nSPS) is 21.3. The Morgan fingerprint density at radius 3 is 2.75 bits per heavy atom. The lowest BCUT2D eigenvalue weighted by atomic mass is 9.92. The van der Waals surface area contributed by atoms with E-state index in [2.05, 4.69) is 29.8 Å². The van der Waals surface area contributed by atoms with Crippen LogP contribution in [0, 0.1) is 5.92 Å². The Morgan fingerprint density at radius 1 is 1.45 bits per heavy atom. The quantitative estimate of drug-likeness (QED) is 0.918. The molecule has 1 amide bonds. The number of nitrogens with zero attached hydrogens (tertiary/aromatic N) is 2. The maximum absolute atomic E-state index is 12.7. The fraction of sp³-hybridized carbons (Fsp3) is 0.667. The van der Waals surface area contributed by atoms with Crippen LogP contribution in [0.3, 0.4) is 0 Å². The molecule has 0 bridgehead atoms. The minimum atomic E-state index is 0.120. The van der Waals surface area contributed by atoms with Crippen molar-refractivity contribution in [1.29, 1.82) is 0 Å². The molecule has 2 N–H and O–H groups in total. The van der Waals surface area contributed by atoms with Crippen molar-refractivity contribution in [3.05, 3.63) is 22.4 Å². The Morgan fingerprint density at radius 2 is 2.15 bits per heavy atom. The fourth-order valence-corrected chi connectivity index (χ4v) is 3.27. The summed E-state index contributed by atoms with van der Waals surface area (Å²) < 4.78 is 2.98. The van der Waals surface area contributed by atoms with E-state index in [4.69, 9.17) is 5.73 Å². The van der Waals surface area contributed by atoms with Gasteiger partial charge in [0.15, 0.2) is 0 Å². The van der Waals surface area contributed by atoms with E-state index in [0.29, 0.717) is 5.92 Å². The minimum absolute atomic E-state index is 0.120. The van der Waals surface area contributed by atoms with Crippen molar-refractivity contribution < 1.29 is 4.79 Å². The molecule has 2 unspecified atom stereocenters. The van der Waals surface area contributed by atoms with E-state index in [-0.39, 0.29) is 18.0 Å². The molecule has 1 aliphatic heterocycles. The van der Waals surface area contributed by atoms with Crippen LogP contribution in [0.5, 0.6) is 0 Å². The maximum Gasteiger partial charge on any atom is 0.270 e.